The van der Waals surface area contributed by atoms with Gasteiger partial charge in [0.05, 0.1) is 30.0 Å². The van der Waals surface area contributed by atoms with E-state index in [2.05, 4.69) is 5.10 Å². The molecule has 18 heavy (non-hydrogen) atoms. The van der Waals surface area contributed by atoms with E-state index in [9.17, 15) is 5.11 Å². The van der Waals surface area contributed by atoms with Crippen LogP contribution in [0.1, 0.15) is 25.8 Å². The maximum absolute atomic E-state index is 9.76. The molecule has 0 bridgehead atoms. The Morgan fingerprint density at radius 2 is 2.22 bits per heavy atom. The first-order chi connectivity index (χ1) is 8.48. The normalized spacial score (nSPS) is 27.2. The van der Waals surface area contributed by atoms with Gasteiger partial charge >= 0.3 is 0 Å². The second-order valence-corrected chi connectivity index (χ2v) is 5.32. The summed E-state index contributed by atoms with van der Waals surface area (Å²) in [6.45, 7) is 1.85. The van der Waals surface area contributed by atoms with Gasteiger partial charge in [-0.15, -0.1) is 0 Å². The fourth-order valence-corrected chi connectivity index (χ4v) is 2.60. The second-order valence-electron chi connectivity index (χ2n) is 5.32. The molecule has 1 aromatic heterocycles. The summed E-state index contributed by atoms with van der Waals surface area (Å²) in [7, 11) is 1.59. The van der Waals surface area contributed by atoms with Gasteiger partial charge in [0.1, 0.15) is 5.75 Å². The predicted octanol–water partition coefficient (Wildman–Crippen LogP) is 1.71. The molecule has 3 N–H and O–H groups in total. The van der Waals surface area contributed by atoms with Gasteiger partial charge in [-0.05, 0) is 25.8 Å². The van der Waals surface area contributed by atoms with Crippen molar-refractivity contribution in [2.45, 2.75) is 31.4 Å². The fraction of sp³-hybridized carbons (Fsp3) is 0.462. The van der Waals surface area contributed by atoms with Crippen LogP contribution in [0.4, 0.5) is 5.69 Å². The van der Waals surface area contributed by atoms with Crippen molar-refractivity contribution in [3.05, 3.63) is 18.3 Å². The van der Waals surface area contributed by atoms with Crippen LogP contribution in [-0.4, -0.2) is 27.6 Å². The lowest BCUT2D eigenvalue weighted by molar-refractivity contribution is -0.0541. The minimum absolute atomic E-state index is 0.277. The van der Waals surface area contributed by atoms with Crippen LogP contribution in [0, 0.1) is 0 Å². The fourth-order valence-electron chi connectivity index (χ4n) is 2.60. The number of hydrogen-bond acceptors (Lipinski definition) is 4. The molecule has 2 aromatic rings. The number of rotatable bonds is 2. The van der Waals surface area contributed by atoms with E-state index in [-0.39, 0.29) is 6.04 Å². The molecule has 3 rings (SSSR count). The monoisotopic (exact) mass is 247 g/mol. The number of aliphatic hydroxyl groups is 1. The molecule has 0 radical (unpaired) electrons. The molecule has 5 nitrogen and oxygen atoms in total. The lowest BCUT2D eigenvalue weighted by atomic mass is 9.77. The van der Waals surface area contributed by atoms with E-state index in [1.807, 2.05) is 29.9 Å². The summed E-state index contributed by atoms with van der Waals surface area (Å²) in [6.07, 6.45) is 3.46. The van der Waals surface area contributed by atoms with E-state index in [1.54, 1.807) is 7.11 Å². The van der Waals surface area contributed by atoms with Crippen LogP contribution in [0.2, 0.25) is 0 Å². The van der Waals surface area contributed by atoms with Crippen molar-refractivity contribution >= 4 is 16.6 Å². The van der Waals surface area contributed by atoms with E-state index >= 15 is 0 Å². The maximum atomic E-state index is 9.76. The van der Waals surface area contributed by atoms with Crippen molar-refractivity contribution in [3.63, 3.8) is 0 Å². The van der Waals surface area contributed by atoms with Crippen LogP contribution < -0.4 is 10.5 Å². The maximum Gasteiger partial charge on any atom is 0.144 e. The van der Waals surface area contributed by atoms with Gasteiger partial charge in [-0.1, -0.05) is 0 Å². The lowest BCUT2D eigenvalue weighted by Gasteiger charge is -2.40. The van der Waals surface area contributed by atoms with Crippen molar-refractivity contribution in [2.24, 2.45) is 0 Å². The third-order valence-corrected chi connectivity index (χ3v) is 3.60. The number of fused-ring (bicyclic) bond motifs is 1. The van der Waals surface area contributed by atoms with Gasteiger partial charge in [-0.25, -0.2) is 0 Å². The standard InChI is InChI=1S/C13H17N3O2/c1-13(17)5-9(6-13)16-7-8-3-10(14)12(18-2)4-11(8)15-16/h3-4,7,9,17H,5-6,14H2,1-2H3/t9-,13-. The number of ether oxygens (including phenoxy) is 1. The Labute approximate surface area is 105 Å². The van der Waals surface area contributed by atoms with Crippen LogP contribution in [0.5, 0.6) is 5.75 Å². The Hall–Kier alpha value is -1.75. The molecule has 0 spiro atoms. The molecule has 0 saturated heterocycles. The van der Waals surface area contributed by atoms with E-state index in [0.29, 0.717) is 11.4 Å². The highest BCUT2D eigenvalue weighted by Crippen LogP contribution is 2.41. The molecule has 5 heteroatoms. The number of nitrogens with two attached hydrogens (primary N) is 1. The summed E-state index contributed by atoms with van der Waals surface area (Å²) in [5.74, 6) is 0.647. The highest BCUT2D eigenvalue weighted by atomic mass is 16.5. The molecule has 1 heterocycles. The van der Waals surface area contributed by atoms with Crippen molar-refractivity contribution < 1.29 is 9.84 Å². The smallest absolute Gasteiger partial charge is 0.144 e. The molecule has 0 amide bonds. The number of benzene rings is 1. The second kappa shape index (κ2) is 3.62. The number of anilines is 1. The van der Waals surface area contributed by atoms with Crippen molar-refractivity contribution in [1.29, 1.82) is 0 Å². The summed E-state index contributed by atoms with van der Waals surface area (Å²) in [4.78, 5) is 0. The zero-order valence-electron chi connectivity index (χ0n) is 10.6. The third-order valence-electron chi connectivity index (χ3n) is 3.60. The van der Waals surface area contributed by atoms with Gasteiger partial charge in [0.25, 0.3) is 0 Å². The Morgan fingerprint density at radius 1 is 1.50 bits per heavy atom. The highest BCUT2D eigenvalue weighted by Gasteiger charge is 2.39. The van der Waals surface area contributed by atoms with Crippen LogP contribution in [0.25, 0.3) is 10.9 Å². The number of nitrogen functional groups attached to an aromatic ring is 1. The van der Waals surface area contributed by atoms with Gasteiger partial charge in [0.2, 0.25) is 0 Å². The van der Waals surface area contributed by atoms with E-state index < -0.39 is 5.60 Å². The predicted molar refractivity (Wildman–Crippen MR) is 69.6 cm³/mol. The van der Waals surface area contributed by atoms with Gasteiger partial charge < -0.3 is 15.6 Å². The van der Waals surface area contributed by atoms with Gasteiger partial charge in [0.15, 0.2) is 0 Å². The molecule has 1 aromatic carbocycles. The largest absolute Gasteiger partial charge is 0.495 e. The van der Waals surface area contributed by atoms with Gasteiger partial charge in [-0.3, -0.25) is 4.68 Å². The average Bonchev–Trinajstić information content (AvgIpc) is 2.66. The summed E-state index contributed by atoms with van der Waals surface area (Å²) in [5.41, 5.74) is 6.81. The summed E-state index contributed by atoms with van der Waals surface area (Å²) < 4.78 is 7.10. The minimum Gasteiger partial charge on any atom is -0.495 e. The van der Waals surface area contributed by atoms with Crippen LogP contribution in [-0.2, 0) is 0 Å². The lowest BCUT2D eigenvalue weighted by Crippen LogP contribution is -2.42. The van der Waals surface area contributed by atoms with Crippen LogP contribution in [0.15, 0.2) is 18.3 Å². The van der Waals surface area contributed by atoms with Gasteiger partial charge in [-0.2, -0.15) is 5.10 Å². The average molecular weight is 247 g/mol. The summed E-state index contributed by atoms with van der Waals surface area (Å²) >= 11 is 0. The zero-order chi connectivity index (χ0) is 12.9. The SMILES string of the molecule is COc1cc2nn([C@H]3C[C@](C)(O)C3)cc2cc1N. The quantitative estimate of drug-likeness (QED) is 0.792. The summed E-state index contributed by atoms with van der Waals surface area (Å²) in [5, 5.41) is 15.3. The Morgan fingerprint density at radius 3 is 2.83 bits per heavy atom. The Bertz CT molecular complexity index is 596. The summed E-state index contributed by atoms with van der Waals surface area (Å²) in [6, 6.07) is 3.99. The van der Waals surface area contributed by atoms with Crippen molar-refractivity contribution in [2.75, 3.05) is 12.8 Å². The molecule has 1 aliphatic carbocycles. The molecular formula is C13H17N3O2. The number of aromatic nitrogens is 2. The minimum atomic E-state index is -0.542. The zero-order valence-corrected chi connectivity index (χ0v) is 10.6. The van der Waals surface area contributed by atoms with E-state index in [4.69, 9.17) is 10.5 Å². The first-order valence-corrected chi connectivity index (χ1v) is 6.03. The molecule has 1 saturated carbocycles. The molecule has 0 unspecified atom stereocenters. The molecule has 1 fully saturated rings. The van der Waals surface area contributed by atoms with E-state index in [1.165, 1.54) is 0 Å². The first kappa shape index (κ1) is 11.3. The first-order valence-electron chi connectivity index (χ1n) is 6.03. The Kier molecular flexibility index (Phi) is 2.28. The van der Waals surface area contributed by atoms with Crippen LogP contribution in [0.3, 0.4) is 0 Å². The molecular weight excluding hydrogens is 230 g/mol. The Balaban J connectivity index is 1.97. The van der Waals surface area contributed by atoms with Crippen LogP contribution >= 0.6 is 0 Å². The van der Waals surface area contributed by atoms with E-state index in [0.717, 1.165) is 23.7 Å². The highest BCUT2D eigenvalue weighted by molar-refractivity contribution is 5.84. The topological polar surface area (TPSA) is 73.3 Å². The molecule has 1 aliphatic rings. The number of nitrogens with zero attached hydrogens (tertiary/aromatic N) is 2. The third kappa shape index (κ3) is 1.71. The van der Waals surface area contributed by atoms with Gasteiger partial charge in [0, 0.05) is 17.6 Å². The van der Waals surface area contributed by atoms with Crippen molar-refractivity contribution in [1.82, 2.24) is 9.78 Å². The number of hydrogen-bond donors (Lipinski definition) is 2. The number of methoxy groups -OCH3 is 1. The molecule has 0 aliphatic heterocycles. The molecule has 0 atom stereocenters. The molecule has 96 valence electrons. The van der Waals surface area contributed by atoms with Crippen molar-refractivity contribution in [3.8, 4) is 5.75 Å².